The Labute approximate surface area is 101 Å². The molecule has 0 atom stereocenters. The Morgan fingerprint density at radius 3 is 2.59 bits per heavy atom. The fourth-order valence-corrected chi connectivity index (χ4v) is 1.89. The molecule has 0 saturated heterocycles. The summed E-state index contributed by atoms with van der Waals surface area (Å²) >= 11 is 0. The van der Waals surface area contributed by atoms with Crippen molar-refractivity contribution < 1.29 is 4.79 Å². The van der Waals surface area contributed by atoms with E-state index in [1.807, 2.05) is 6.07 Å². The lowest BCUT2D eigenvalue weighted by molar-refractivity contribution is -0.121. The van der Waals surface area contributed by atoms with E-state index in [0.29, 0.717) is 6.42 Å². The molecule has 3 nitrogen and oxygen atoms in total. The molecule has 0 fully saturated rings. The highest BCUT2D eigenvalue weighted by Crippen LogP contribution is 2.17. The molecule has 0 bridgehead atoms. The summed E-state index contributed by atoms with van der Waals surface area (Å²) in [7, 11) is 1.68. The predicted molar refractivity (Wildman–Crippen MR) is 69.6 cm³/mol. The molecule has 17 heavy (non-hydrogen) atoms. The van der Waals surface area contributed by atoms with Crippen LogP contribution in [0.5, 0.6) is 0 Å². The normalized spacial score (nSPS) is 10.5. The molecule has 0 radical (unpaired) electrons. The Hall–Kier alpha value is -1.87. The number of hydrazine groups is 1. The number of benzene rings is 2. The number of nitrogens with one attached hydrogen (secondary N) is 2. The molecular weight excluding hydrogens is 212 g/mol. The number of amides is 1. The van der Waals surface area contributed by atoms with Crippen molar-refractivity contribution in [2.75, 3.05) is 7.05 Å². The second kappa shape index (κ2) is 4.97. The van der Waals surface area contributed by atoms with Crippen LogP contribution >= 0.6 is 0 Å². The van der Waals surface area contributed by atoms with Crippen molar-refractivity contribution in [3.05, 3.63) is 47.5 Å². The first-order chi connectivity index (χ1) is 8.19. The van der Waals surface area contributed by atoms with E-state index in [2.05, 4.69) is 48.1 Å². The van der Waals surface area contributed by atoms with E-state index in [1.165, 1.54) is 16.3 Å². The van der Waals surface area contributed by atoms with Gasteiger partial charge in [-0.3, -0.25) is 10.2 Å². The number of hydrogen-bond acceptors (Lipinski definition) is 2. The smallest absolute Gasteiger partial charge is 0.238 e. The summed E-state index contributed by atoms with van der Waals surface area (Å²) < 4.78 is 0. The van der Waals surface area contributed by atoms with E-state index in [9.17, 15) is 4.79 Å². The van der Waals surface area contributed by atoms with Gasteiger partial charge in [0.15, 0.2) is 0 Å². The Morgan fingerprint density at radius 1 is 1.12 bits per heavy atom. The van der Waals surface area contributed by atoms with Crippen molar-refractivity contribution in [2.45, 2.75) is 13.3 Å². The zero-order valence-electron chi connectivity index (χ0n) is 10.1. The van der Waals surface area contributed by atoms with Crippen molar-refractivity contribution in [3.63, 3.8) is 0 Å². The third-order valence-corrected chi connectivity index (χ3v) is 2.69. The van der Waals surface area contributed by atoms with Crippen molar-refractivity contribution in [3.8, 4) is 0 Å². The average Bonchev–Trinajstić information content (AvgIpc) is 2.29. The van der Waals surface area contributed by atoms with E-state index in [1.54, 1.807) is 7.05 Å². The second-order valence-corrected chi connectivity index (χ2v) is 4.16. The molecule has 0 aromatic heterocycles. The van der Waals surface area contributed by atoms with Gasteiger partial charge in [0.25, 0.3) is 0 Å². The van der Waals surface area contributed by atoms with Gasteiger partial charge in [0.05, 0.1) is 6.42 Å². The van der Waals surface area contributed by atoms with Gasteiger partial charge in [-0.05, 0) is 23.3 Å². The van der Waals surface area contributed by atoms with Crippen LogP contribution in [0, 0.1) is 6.92 Å². The number of aryl methyl sites for hydroxylation is 1. The molecule has 0 spiro atoms. The zero-order chi connectivity index (χ0) is 12.3. The Balaban J connectivity index is 2.26. The summed E-state index contributed by atoms with van der Waals surface area (Å²) in [5.74, 6) is -0.0287. The van der Waals surface area contributed by atoms with Crippen LogP contribution < -0.4 is 10.9 Å². The van der Waals surface area contributed by atoms with Gasteiger partial charge in [0.1, 0.15) is 0 Å². The highest BCUT2D eigenvalue weighted by molar-refractivity contribution is 5.85. The molecule has 1 amide bonds. The van der Waals surface area contributed by atoms with Crippen molar-refractivity contribution in [1.82, 2.24) is 10.9 Å². The van der Waals surface area contributed by atoms with E-state index in [0.717, 1.165) is 5.56 Å². The summed E-state index contributed by atoms with van der Waals surface area (Å²) in [6, 6.07) is 12.4. The van der Waals surface area contributed by atoms with Gasteiger partial charge in [0, 0.05) is 7.05 Å². The van der Waals surface area contributed by atoms with Crippen molar-refractivity contribution in [1.29, 1.82) is 0 Å². The van der Waals surface area contributed by atoms with E-state index < -0.39 is 0 Å². The SMILES string of the molecule is CNNC(=O)Cc1ccc2cc(C)ccc2c1. The quantitative estimate of drug-likeness (QED) is 0.788. The molecule has 3 heteroatoms. The number of carbonyl (C=O) groups excluding carboxylic acids is 1. The number of fused-ring (bicyclic) bond motifs is 1. The minimum atomic E-state index is -0.0287. The summed E-state index contributed by atoms with van der Waals surface area (Å²) in [5, 5.41) is 2.38. The monoisotopic (exact) mass is 228 g/mol. The van der Waals surface area contributed by atoms with Crippen LogP contribution in [-0.2, 0) is 11.2 Å². The Bertz CT molecular complexity index is 549. The van der Waals surface area contributed by atoms with Gasteiger partial charge in [-0.2, -0.15) is 0 Å². The summed E-state index contributed by atoms with van der Waals surface area (Å²) in [6.45, 7) is 2.08. The lowest BCUT2D eigenvalue weighted by Gasteiger charge is -2.05. The predicted octanol–water partition coefficient (Wildman–Crippen LogP) is 1.94. The number of hydrogen-bond donors (Lipinski definition) is 2. The minimum absolute atomic E-state index is 0.0287. The number of carbonyl (C=O) groups is 1. The van der Waals surface area contributed by atoms with Crippen LogP contribution in [0.2, 0.25) is 0 Å². The maximum absolute atomic E-state index is 11.4. The maximum Gasteiger partial charge on any atom is 0.238 e. The van der Waals surface area contributed by atoms with Crippen LogP contribution in [0.4, 0.5) is 0 Å². The first-order valence-corrected chi connectivity index (χ1v) is 5.64. The van der Waals surface area contributed by atoms with Crippen LogP contribution in [0.25, 0.3) is 10.8 Å². The van der Waals surface area contributed by atoms with Crippen LogP contribution in [0.3, 0.4) is 0 Å². The van der Waals surface area contributed by atoms with E-state index >= 15 is 0 Å². The Morgan fingerprint density at radius 2 is 1.82 bits per heavy atom. The molecule has 2 aromatic rings. The Kier molecular flexibility index (Phi) is 3.40. The third kappa shape index (κ3) is 2.82. The molecule has 0 heterocycles. The van der Waals surface area contributed by atoms with Gasteiger partial charge in [-0.15, -0.1) is 0 Å². The van der Waals surface area contributed by atoms with Gasteiger partial charge in [-0.25, -0.2) is 5.43 Å². The molecule has 0 aliphatic heterocycles. The number of rotatable bonds is 3. The molecule has 2 N–H and O–H groups in total. The summed E-state index contributed by atoms with van der Waals surface area (Å²) in [5.41, 5.74) is 7.47. The lowest BCUT2D eigenvalue weighted by atomic mass is 10.0. The highest BCUT2D eigenvalue weighted by atomic mass is 16.2. The molecule has 0 aliphatic rings. The standard InChI is InChI=1S/C14H16N2O/c1-10-3-5-13-8-11(4-6-12(13)7-10)9-14(17)16-15-2/h3-8,15H,9H2,1-2H3,(H,16,17). The van der Waals surface area contributed by atoms with Crippen LogP contribution in [-0.4, -0.2) is 13.0 Å². The first kappa shape index (κ1) is 11.6. The fourth-order valence-electron chi connectivity index (χ4n) is 1.89. The van der Waals surface area contributed by atoms with E-state index in [-0.39, 0.29) is 5.91 Å². The summed E-state index contributed by atoms with van der Waals surface area (Å²) in [4.78, 5) is 11.4. The molecule has 88 valence electrons. The first-order valence-electron chi connectivity index (χ1n) is 5.64. The molecule has 2 aromatic carbocycles. The fraction of sp³-hybridized carbons (Fsp3) is 0.214. The van der Waals surface area contributed by atoms with Crippen LogP contribution in [0.1, 0.15) is 11.1 Å². The van der Waals surface area contributed by atoms with Gasteiger partial charge in [-0.1, -0.05) is 42.0 Å². The topological polar surface area (TPSA) is 41.1 Å². The van der Waals surface area contributed by atoms with Gasteiger partial charge in [0.2, 0.25) is 5.91 Å². The molecular formula is C14H16N2O. The second-order valence-electron chi connectivity index (χ2n) is 4.16. The summed E-state index contributed by atoms with van der Waals surface area (Å²) in [6.07, 6.45) is 0.394. The van der Waals surface area contributed by atoms with Crippen molar-refractivity contribution in [2.24, 2.45) is 0 Å². The van der Waals surface area contributed by atoms with Gasteiger partial charge < -0.3 is 0 Å². The third-order valence-electron chi connectivity index (χ3n) is 2.69. The largest absolute Gasteiger partial charge is 0.292 e. The lowest BCUT2D eigenvalue weighted by Crippen LogP contribution is -2.35. The zero-order valence-corrected chi connectivity index (χ0v) is 10.1. The minimum Gasteiger partial charge on any atom is -0.292 e. The molecule has 0 aliphatic carbocycles. The van der Waals surface area contributed by atoms with Crippen molar-refractivity contribution >= 4 is 16.7 Å². The maximum atomic E-state index is 11.4. The molecule has 2 rings (SSSR count). The van der Waals surface area contributed by atoms with Gasteiger partial charge >= 0.3 is 0 Å². The van der Waals surface area contributed by atoms with E-state index in [4.69, 9.17) is 0 Å². The highest BCUT2D eigenvalue weighted by Gasteiger charge is 2.03. The van der Waals surface area contributed by atoms with Crippen LogP contribution in [0.15, 0.2) is 36.4 Å². The average molecular weight is 228 g/mol. The molecule has 0 unspecified atom stereocenters. The molecule has 0 saturated carbocycles.